The van der Waals surface area contributed by atoms with Gasteiger partial charge in [0.1, 0.15) is 10.7 Å². The second-order valence-corrected chi connectivity index (χ2v) is 8.56. The number of carbonyl (C=O) groups is 1. The van der Waals surface area contributed by atoms with Crippen molar-refractivity contribution in [2.24, 2.45) is 5.92 Å². The number of aromatic amines is 1. The molecule has 0 spiro atoms. The van der Waals surface area contributed by atoms with Gasteiger partial charge in [-0.15, -0.1) is 5.10 Å². The molecule has 1 aliphatic heterocycles. The van der Waals surface area contributed by atoms with Gasteiger partial charge >= 0.3 is 5.69 Å². The van der Waals surface area contributed by atoms with Gasteiger partial charge in [-0.1, -0.05) is 36.0 Å². The first kappa shape index (κ1) is 20.5. The standard InChI is InChI=1S/C21H26N6O2S/c1-3-6-16-19(30-25-22-16)20(28)26-11-9-15(10-12-26)13-18-23-24-21(29)27(18)17-8-5-4-7-14(17)2/h4-5,7-8,15H,3,6,9-13H2,1-2H3,(H,24,29). The van der Waals surface area contributed by atoms with Crippen molar-refractivity contribution < 1.29 is 4.79 Å². The second-order valence-electron chi connectivity index (χ2n) is 7.81. The summed E-state index contributed by atoms with van der Waals surface area (Å²) < 4.78 is 5.65. The lowest BCUT2D eigenvalue weighted by atomic mass is 9.93. The molecule has 158 valence electrons. The summed E-state index contributed by atoms with van der Waals surface area (Å²) in [4.78, 5) is 27.9. The summed E-state index contributed by atoms with van der Waals surface area (Å²) >= 11 is 1.19. The van der Waals surface area contributed by atoms with Crippen molar-refractivity contribution >= 4 is 17.4 Å². The van der Waals surface area contributed by atoms with Crippen LogP contribution >= 0.6 is 11.5 Å². The normalized spacial score (nSPS) is 14.9. The zero-order valence-electron chi connectivity index (χ0n) is 17.3. The van der Waals surface area contributed by atoms with E-state index < -0.39 is 0 Å². The van der Waals surface area contributed by atoms with E-state index in [1.807, 2.05) is 36.1 Å². The predicted molar refractivity (Wildman–Crippen MR) is 115 cm³/mol. The number of likely N-dealkylation sites (tertiary alicyclic amines) is 1. The lowest BCUT2D eigenvalue weighted by Crippen LogP contribution is -2.39. The number of amides is 1. The number of hydrogen-bond donors (Lipinski definition) is 1. The number of piperidine rings is 1. The van der Waals surface area contributed by atoms with Gasteiger partial charge in [-0.2, -0.15) is 5.10 Å². The summed E-state index contributed by atoms with van der Waals surface area (Å²) in [6, 6.07) is 7.81. The third kappa shape index (κ3) is 4.07. The molecule has 9 heteroatoms. The highest BCUT2D eigenvalue weighted by Crippen LogP contribution is 2.25. The molecule has 3 aromatic rings. The summed E-state index contributed by atoms with van der Waals surface area (Å²) in [6.45, 7) is 5.46. The van der Waals surface area contributed by atoms with Crippen molar-refractivity contribution in [1.82, 2.24) is 29.3 Å². The molecule has 1 aromatic carbocycles. The number of nitrogens with zero attached hydrogens (tertiary/aromatic N) is 5. The van der Waals surface area contributed by atoms with Crippen molar-refractivity contribution in [3.63, 3.8) is 0 Å². The molecule has 0 bridgehead atoms. The Morgan fingerprint density at radius 2 is 2.03 bits per heavy atom. The maximum Gasteiger partial charge on any atom is 0.347 e. The van der Waals surface area contributed by atoms with Crippen molar-refractivity contribution in [3.05, 3.63) is 56.7 Å². The second kappa shape index (κ2) is 8.91. The van der Waals surface area contributed by atoms with Crippen LogP contribution in [0.5, 0.6) is 0 Å². The summed E-state index contributed by atoms with van der Waals surface area (Å²) in [5, 5.41) is 11.0. The van der Waals surface area contributed by atoms with Crippen molar-refractivity contribution in [2.75, 3.05) is 13.1 Å². The zero-order valence-corrected chi connectivity index (χ0v) is 18.1. The maximum atomic E-state index is 12.9. The number of rotatable bonds is 6. The third-order valence-corrected chi connectivity index (χ3v) is 6.46. The van der Waals surface area contributed by atoms with Crippen LogP contribution in [0.2, 0.25) is 0 Å². The molecule has 2 aromatic heterocycles. The minimum Gasteiger partial charge on any atom is -0.338 e. The van der Waals surface area contributed by atoms with Crippen LogP contribution in [0.4, 0.5) is 0 Å². The van der Waals surface area contributed by atoms with Gasteiger partial charge in [-0.3, -0.25) is 4.79 Å². The fraction of sp³-hybridized carbons (Fsp3) is 0.476. The summed E-state index contributed by atoms with van der Waals surface area (Å²) in [5.41, 5.74) is 2.49. The smallest absolute Gasteiger partial charge is 0.338 e. The number of para-hydroxylation sites is 1. The Morgan fingerprint density at radius 3 is 2.77 bits per heavy atom. The van der Waals surface area contributed by atoms with Crippen LogP contribution in [0.1, 0.15) is 52.9 Å². The van der Waals surface area contributed by atoms with Crippen LogP contribution in [0.3, 0.4) is 0 Å². The Morgan fingerprint density at radius 1 is 1.27 bits per heavy atom. The average Bonchev–Trinajstić information content (AvgIpc) is 3.36. The van der Waals surface area contributed by atoms with Gasteiger partial charge in [0.2, 0.25) is 0 Å². The Hall–Kier alpha value is -2.81. The molecule has 0 unspecified atom stereocenters. The van der Waals surface area contributed by atoms with Gasteiger partial charge < -0.3 is 4.90 Å². The van der Waals surface area contributed by atoms with E-state index in [1.165, 1.54) is 11.5 Å². The first-order valence-electron chi connectivity index (χ1n) is 10.4. The van der Waals surface area contributed by atoms with E-state index in [4.69, 9.17) is 0 Å². The minimum absolute atomic E-state index is 0.0449. The van der Waals surface area contributed by atoms with E-state index in [2.05, 4.69) is 26.7 Å². The molecule has 1 aliphatic rings. The molecule has 1 saturated heterocycles. The summed E-state index contributed by atoms with van der Waals surface area (Å²) in [5.74, 6) is 1.17. The molecular formula is C21H26N6O2S. The SMILES string of the molecule is CCCc1nnsc1C(=O)N1CCC(Cc2n[nH]c(=O)n2-c2ccccc2C)CC1. The number of H-pyrrole nitrogens is 1. The van der Waals surface area contributed by atoms with Crippen molar-refractivity contribution in [1.29, 1.82) is 0 Å². The van der Waals surface area contributed by atoms with Crippen LogP contribution in [0.15, 0.2) is 29.1 Å². The number of carbonyl (C=O) groups excluding carboxylic acids is 1. The molecule has 1 amide bonds. The fourth-order valence-corrected chi connectivity index (χ4v) is 4.72. The van der Waals surface area contributed by atoms with Gasteiger partial charge in [0.15, 0.2) is 0 Å². The molecule has 4 rings (SSSR count). The van der Waals surface area contributed by atoms with Crippen molar-refractivity contribution in [3.8, 4) is 5.69 Å². The zero-order chi connectivity index (χ0) is 21.1. The monoisotopic (exact) mass is 426 g/mol. The topological polar surface area (TPSA) is 96.8 Å². The molecule has 0 atom stereocenters. The molecule has 1 N–H and O–H groups in total. The van der Waals surface area contributed by atoms with Crippen LogP contribution in [0, 0.1) is 12.8 Å². The lowest BCUT2D eigenvalue weighted by Gasteiger charge is -2.31. The predicted octanol–water partition coefficient (Wildman–Crippen LogP) is 2.77. The molecule has 0 radical (unpaired) electrons. The Balaban J connectivity index is 1.43. The highest BCUT2D eigenvalue weighted by atomic mass is 32.1. The van der Waals surface area contributed by atoms with Gasteiger partial charge in [0, 0.05) is 19.5 Å². The lowest BCUT2D eigenvalue weighted by molar-refractivity contribution is 0.0693. The Bertz CT molecular complexity index is 1080. The van der Waals surface area contributed by atoms with Crippen LogP contribution in [0.25, 0.3) is 5.69 Å². The number of benzene rings is 1. The molecule has 30 heavy (non-hydrogen) atoms. The molecule has 0 saturated carbocycles. The van der Waals surface area contributed by atoms with E-state index in [-0.39, 0.29) is 11.6 Å². The number of aromatic nitrogens is 5. The van der Waals surface area contributed by atoms with Gasteiger partial charge in [0.05, 0.1) is 11.4 Å². The largest absolute Gasteiger partial charge is 0.347 e. The molecule has 3 heterocycles. The van der Waals surface area contributed by atoms with Gasteiger partial charge in [0.25, 0.3) is 5.91 Å². The Kier molecular flexibility index (Phi) is 6.08. The van der Waals surface area contributed by atoms with E-state index in [0.29, 0.717) is 30.3 Å². The van der Waals surface area contributed by atoms with Gasteiger partial charge in [-0.25, -0.2) is 14.5 Å². The number of aryl methyl sites for hydroxylation is 2. The average molecular weight is 427 g/mol. The quantitative estimate of drug-likeness (QED) is 0.654. The van der Waals surface area contributed by atoms with E-state index in [0.717, 1.165) is 48.5 Å². The maximum absolute atomic E-state index is 12.9. The highest BCUT2D eigenvalue weighted by molar-refractivity contribution is 7.08. The third-order valence-electron chi connectivity index (χ3n) is 5.71. The van der Waals surface area contributed by atoms with E-state index in [9.17, 15) is 9.59 Å². The van der Waals surface area contributed by atoms with Crippen molar-refractivity contribution in [2.45, 2.75) is 46.0 Å². The van der Waals surface area contributed by atoms with Gasteiger partial charge in [-0.05, 0) is 55.3 Å². The van der Waals surface area contributed by atoms with Crippen LogP contribution in [-0.4, -0.2) is 48.2 Å². The first-order chi connectivity index (χ1) is 14.6. The summed E-state index contributed by atoms with van der Waals surface area (Å²) in [6.07, 6.45) is 4.20. The fourth-order valence-electron chi connectivity index (χ4n) is 4.04. The molecule has 0 aliphatic carbocycles. The van der Waals surface area contributed by atoms with E-state index >= 15 is 0 Å². The molecule has 1 fully saturated rings. The molecular weight excluding hydrogens is 400 g/mol. The summed E-state index contributed by atoms with van der Waals surface area (Å²) in [7, 11) is 0. The van der Waals surface area contributed by atoms with Crippen LogP contribution < -0.4 is 5.69 Å². The number of nitrogens with one attached hydrogen (secondary N) is 1. The number of hydrogen-bond acceptors (Lipinski definition) is 6. The minimum atomic E-state index is -0.215. The first-order valence-corrected chi connectivity index (χ1v) is 11.2. The highest BCUT2D eigenvalue weighted by Gasteiger charge is 2.28. The molecule has 8 nitrogen and oxygen atoms in total. The Labute approximate surface area is 179 Å². The van der Waals surface area contributed by atoms with Crippen LogP contribution in [-0.2, 0) is 12.8 Å². The van der Waals surface area contributed by atoms with E-state index in [1.54, 1.807) is 4.57 Å².